The molecule has 1 amide bonds. The van der Waals surface area contributed by atoms with Gasteiger partial charge >= 0.3 is 0 Å². The summed E-state index contributed by atoms with van der Waals surface area (Å²) in [5.41, 5.74) is 3.82. The summed E-state index contributed by atoms with van der Waals surface area (Å²) in [6.45, 7) is 0. The zero-order valence-corrected chi connectivity index (χ0v) is 16.6. The molecule has 0 saturated carbocycles. The number of thioether (sulfide) groups is 1. The molecule has 0 aliphatic rings. The highest BCUT2D eigenvalue weighted by atomic mass is 35.5. The van der Waals surface area contributed by atoms with E-state index in [0.29, 0.717) is 21.5 Å². The molecular formula is C19H15Cl2N3O2S. The van der Waals surface area contributed by atoms with Crippen molar-refractivity contribution in [1.82, 2.24) is 10.4 Å². The van der Waals surface area contributed by atoms with Gasteiger partial charge in [0, 0.05) is 26.9 Å². The number of rotatable bonds is 6. The van der Waals surface area contributed by atoms with E-state index < -0.39 is 0 Å². The van der Waals surface area contributed by atoms with Gasteiger partial charge in [0.2, 0.25) is 5.91 Å². The SMILES string of the molecule is COc1ccc2cc(/C=N\NC(=O)CSc3ccc(Cl)cc3)c(Cl)nc2c1. The summed E-state index contributed by atoms with van der Waals surface area (Å²) in [4.78, 5) is 17.2. The Balaban J connectivity index is 1.60. The largest absolute Gasteiger partial charge is 0.497 e. The smallest absolute Gasteiger partial charge is 0.250 e. The summed E-state index contributed by atoms with van der Waals surface area (Å²) in [5.74, 6) is 0.724. The molecule has 27 heavy (non-hydrogen) atoms. The molecule has 3 rings (SSSR count). The summed E-state index contributed by atoms with van der Waals surface area (Å²) < 4.78 is 5.18. The predicted molar refractivity (Wildman–Crippen MR) is 111 cm³/mol. The molecule has 8 heteroatoms. The van der Waals surface area contributed by atoms with Crippen LogP contribution in [0.1, 0.15) is 5.56 Å². The molecule has 0 bridgehead atoms. The molecule has 138 valence electrons. The minimum atomic E-state index is -0.221. The van der Waals surface area contributed by atoms with E-state index in [1.165, 1.54) is 18.0 Å². The quantitative estimate of drug-likeness (QED) is 0.270. The molecule has 0 aliphatic heterocycles. The Kier molecular flexibility index (Phi) is 6.55. The standard InChI is InChI=1S/C19H15Cl2N3O2S/c1-26-15-5-2-12-8-13(19(21)23-17(12)9-15)10-22-24-18(25)11-27-16-6-3-14(20)4-7-16/h2-10H,11H2,1H3,(H,24,25)/b22-10-. The minimum Gasteiger partial charge on any atom is -0.497 e. The predicted octanol–water partition coefficient (Wildman–Crippen LogP) is 4.79. The number of methoxy groups -OCH3 is 1. The van der Waals surface area contributed by atoms with Crippen LogP contribution in [0.5, 0.6) is 5.75 Å². The molecule has 5 nitrogen and oxygen atoms in total. The summed E-state index contributed by atoms with van der Waals surface area (Å²) in [6, 6.07) is 14.7. The number of ether oxygens (including phenoxy) is 1. The van der Waals surface area contributed by atoms with Crippen molar-refractivity contribution in [2.45, 2.75) is 4.90 Å². The van der Waals surface area contributed by atoms with E-state index in [-0.39, 0.29) is 11.7 Å². The van der Waals surface area contributed by atoms with Crippen molar-refractivity contribution in [3.05, 3.63) is 64.3 Å². The Morgan fingerprint density at radius 2 is 2.00 bits per heavy atom. The van der Waals surface area contributed by atoms with Gasteiger partial charge in [-0.3, -0.25) is 4.79 Å². The third-order valence-corrected chi connectivity index (χ3v) is 5.15. The number of halogens is 2. The van der Waals surface area contributed by atoms with Gasteiger partial charge in [-0.2, -0.15) is 5.10 Å². The van der Waals surface area contributed by atoms with E-state index in [0.717, 1.165) is 15.8 Å². The normalized spacial score (nSPS) is 11.1. The highest BCUT2D eigenvalue weighted by Crippen LogP contribution is 2.23. The van der Waals surface area contributed by atoms with E-state index >= 15 is 0 Å². The Morgan fingerprint density at radius 1 is 1.22 bits per heavy atom. The number of nitrogens with one attached hydrogen (secondary N) is 1. The maximum Gasteiger partial charge on any atom is 0.250 e. The Bertz CT molecular complexity index is 994. The molecule has 0 radical (unpaired) electrons. The molecule has 0 unspecified atom stereocenters. The van der Waals surface area contributed by atoms with Gasteiger partial charge in [0.1, 0.15) is 10.9 Å². The fourth-order valence-electron chi connectivity index (χ4n) is 2.24. The first-order chi connectivity index (χ1) is 13.0. The van der Waals surface area contributed by atoms with Gasteiger partial charge in [-0.15, -0.1) is 11.8 Å². The van der Waals surface area contributed by atoms with Crippen molar-refractivity contribution in [3.63, 3.8) is 0 Å². The van der Waals surface area contributed by atoms with Crippen molar-refractivity contribution >= 4 is 58.0 Å². The summed E-state index contributed by atoms with van der Waals surface area (Å²) in [5, 5.41) is 5.81. The van der Waals surface area contributed by atoms with Gasteiger partial charge in [-0.25, -0.2) is 10.4 Å². The second-order valence-electron chi connectivity index (χ2n) is 5.46. The average Bonchev–Trinajstić information content (AvgIpc) is 2.67. The molecule has 1 aromatic heterocycles. The highest BCUT2D eigenvalue weighted by molar-refractivity contribution is 8.00. The molecule has 1 N–H and O–H groups in total. The van der Waals surface area contributed by atoms with E-state index in [2.05, 4.69) is 15.5 Å². The van der Waals surface area contributed by atoms with Gasteiger partial charge in [-0.05, 0) is 42.5 Å². The Labute approximate surface area is 170 Å². The van der Waals surface area contributed by atoms with Crippen molar-refractivity contribution in [2.24, 2.45) is 5.10 Å². The van der Waals surface area contributed by atoms with E-state index in [4.69, 9.17) is 27.9 Å². The molecule has 0 fully saturated rings. The highest BCUT2D eigenvalue weighted by Gasteiger charge is 2.06. The van der Waals surface area contributed by atoms with E-state index in [9.17, 15) is 4.79 Å². The van der Waals surface area contributed by atoms with E-state index in [1.54, 1.807) is 25.3 Å². The second-order valence-corrected chi connectivity index (χ2v) is 7.31. The first-order valence-corrected chi connectivity index (χ1v) is 9.64. The van der Waals surface area contributed by atoms with Crippen LogP contribution >= 0.6 is 35.0 Å². The number of hydrogen-bond donors (Lipinski definition) is 1. The van der Waals surface area contributed by atoms with Crippen LogP contribution < -0.4 is 10.2 Å². The van der Waals surface area contributed by atoms with Crippen LogP contribution in [-0.4, -0.2) is 30.0 Å². The molecule has 1 heterocycles. The van der Waals surface area contributed by atoms with Crippen molar-refractivity contribution in [1.29, 1.82) is 0 Å². The van der Waals surface area contributed by atoms with Crippen molar-refractivity contribution in [3.8, 4) is 5.75 Å². The van der Waals surface area contributed by atoms with Crippen LogP contribution in [0.3, 0.4) is 0 Å². The maximum absolute atomic E-state index is 11.9. The first-order valence-electron chi connectivity index (χ1n) is 7.90. The lowest BCUT2D eigenvalue weighted by atomic mass is 10.1. The van der Waals surface area contributed by atoms with Crippen molar-refractivity contribution < 1.29 is 9.53 Å². The number of amides is 1. The first kappa shape index (κ1) is 19.5. The summed E-state index contributed by atoms with van der Waals surface area (Å²) >= 11 is 13.4. The zero-order chi connectivity index (χ0) is 19.2. The fourth-order valence-corrected chi connectivity index (χ4v) is 3.25. The number of fused-ring (bicyclic) bond motifs is 1. The van der Waals surface area contributed by atoms with E-state index in [1.807, 2.05) is 30.3 Å². The molecule has 0 spiro atoms. The monoisotopic (exact) mass is 419 g/mol. The van der Waals surface area contributed by atoms with Gasteiger partial charge < -0.3 is 4.74 Å². The molecule has 0 aliphatic carbocycles. The molecule has 0 saturated heterocycles. The Hall–Kier alpha value is -2.28. The van der Waals surface area contributed by atoms with Crippen molar-refractivity contribution in [2.75, 3.05) is 12.9 Å². The number of carbonyl (C=O) groups excluding carboxylic acids is 1. The molecule has 0 atom stereocenters. The number of hydrazone groups is 1. The molecule has 3 aromatic rings. The number of benzene rings is 2. The van der Waals surface area contributed by atoms with Crippen LogP contribution in [0, 0.1) is 0 Å². The second kappa shape index (κ2) is 9.08. The lowest BCUT2D eigenvalue weighted by Crippen LogP contribution is -2.19. The minimum absolute atomic E-state index is 0.221. The third kappa shape index (κ3) is 5.35. The number of hydrogen-bond acceptors (Lipinski definition) is 5. The number of carbonyl (C=O) groups is 1. The summed E-state index contributed by atoms with van der Waals surface area (Å²) in [6.07, 6.45) is 1.48. The van der Waals surface area contributed by atoms with Crippen LogP contribution in [0.25, 0.3) is 10.9 Å². The Morgan fingerprint density at radius 3 is 2.74 bits per heavy atom. The average molecular weight is 420 g/mol. The lowest BCUT2D eigenvalue weighted by molar-refractivity contribution is -0.118. The lowest BCUT2D eigenvalue weighted by Gasteiger charge is -2.05. The zero-order valence-electron chi connectivity index (χ0n) is 14.3. The molecular weight excluding hydrogens is 405 g/mol. The van der Waals surface area contributed by atoms with Crippen LogP contribution in [0.4, 0.5) is 0 Å². The van der Waals surface area contributed by atoms with Gasteiger partial charge in [0.05, 0.1) is 24.6 Å². The number of aromatic nitrogens is 1. The van der Waals surface area contributed by atoms with Crippen LogP contribution in [0.15, 0.2) is 58.5 Å². The van der Waals surface area contributed by atoms with Crippen LogP contribution in [0.2, 0.25) is 10.2 Å². The topological polar surface area (TPSA) is 63.6 Å². The molecule has 2 aromatic carbocycles. The summed E-state index contributed by atoms with van der Waals surface area (Å²) in [7, 11) is 1.59. The third-order valence-electron chi connectivity index (χ3n) is 3.58. The number of pyridine rings is 1. The number of nitrogens with zero attached hydrogens (tertiary/aromatic N) is 2. The maximum atomic E-state index is 11.9. The van der Waals surface area contributed by atoms with Gasteiger partial charge in [-0.1, -0.05) is 23.2 Å². The van der Waals surface area contributed by atoms with Crippen LogP contribution in [-0.2, 0) is 4.79 Å². The van der Waals surface area contributed by atoms with Gasteiger partial charge in [0.15, 0.2) is 0 Å². The van der Waals surface area contributed by atoms with Gasteiger partial charge in [0.25, 0.3) is 0 Å². The fraction of sp³-hybridized carbons (Fsp3) is 0.105.